The van der Waals surface area contributed by atoms with Crippen molar-refractivity contribution in [2.24, 2.45) is 0 Å². The minimum absolute atomic E-state index is 0.277. The lowest BCUT2D eigenvalue weighted by Gasteiger charge is -2.18. The molecular weight excluding hydrogens is 258 g/mol. The summed E-state index contributed by atoms with van der Waals surface area (Å²) in [4.78, 5) is 12.1. The van der Waals surface area contributed by atoms with Crippen LogP contribution in [0.5, 0.6) is 0 Å². The summed E-state index contributed by atoms with van der Waals surface area (Å²) in [6.45, 7) is 1.67. The number of nitrogens with zero attached hydrogens (tertiary/aromatic N) is 4. The van der Waals surface area contributed by atoms with Crippen LogP contribution in [0, 0.1) is 11.8 Å². The Morgan fingerprint density at radius 1 is 1.30 bits per heavy atom. The Bertz CT molecular complexity index is 755. The van der Waals surface area contributed by atoms with Crippen molar-refractivity contribution >= 4 is 17.0 Å². The lowest BCUT2D eigenvalue weighted by Crippen LogP contribution is -2.29. The van der Waals surface area contributed by atoms with E-state index in [0.717, 1.165) is 0 Å². The van der Waals surface area contributed by atoms with Gasteiger partial charge in [0.2, 0.25) is 0 Å². The van der Waals surface area contributed by atoms with Gasteiger partial charge in [-0.15, -0.1) is 5.92 Å². The number of rotatable bonds is 1. The summed E-state index contributed by atoms with van der Waals surface area (Å²) in [5.41, 5.74) is 7.20. The van der Waals surface area contributed by atoms with Gasteiger partial charge in [0.25, 0.3) is 0 Å². The van der Waals surface area contributed by atoms with Crippen molar-refractivity contribution in [2.75, 3.05) is 5.73 Å². The number of fused-ring (bicyclic) bond motifs is 1. The van der Waals surface area contributed by atoms with Crippen molar-refractivity contribution in [3.63, 3.8) is 0 Å². The Kier molecular flexibility index (Phi) is 2.89. The summed E-state index contributed by atoms with van der Waals surface area (Å²) in [5.74, 6) is 5.78. The Hall–Kier alpha value is -2.43. The summed E-state index contributed by atoms with van der Waals surface area (Å²) < 4.78 is 1.66. The van der Waals surface area contributed by atoms with E-state index in [9.17, 15) is 10.2 Å². The molecule has 7 nitrogen and oxygen atoms in total. The number of hydrogen-bond acceptors (Lipinski definition) is 6. The maximum Gasteiger partial charge on any atom is 0.166 e. The predicted molar refractivity (Wildman–Crippen MR) is 72.3 cm³/mol. The van der Waals surface area contributed by atoms with Gasteiger partial charge in [0.15, 0.2) is 11.5 Å². The van der Waals surface area contributed by atoms with E-state index in [1.54, 1.807) is 17.6 Å². The van der Waals surface area contributed by atoms with Crippen LogP contribution in [-0.4, -0.2) is 41.9 Å². The third-order valence-electron chi connectivity index (χ3n) is 3.32. The first kappa shape index (κ1) is 12.6. The fraction of sp³-hybridized carbons (Fsp3) is 0.308. The van der Waals surface area contributed by atoms with E-state index in [1.165, 1.54) is 12.7 Å². The van der Waals surface area contributed by atoms with Crippen LogP contribution >= 0.6 is 0 Å². The fourth-order valence-corrected chi connectivity index (χ4v) is 2.34. The van der Waals surface area contributed by atoms with Crippen molar-refractivity contribution in [1.82, 2.24) is 19.5 Å². The molecule has 0 aromatic carbocycles. The number of hydrogen-bond donors (Lipinski definition) is 3. The van der Waals surface area contributed by atoms with Gasteiger partial charge in [0.05, 0.1) is 12.4 Å². The number of anilines is 1. The zero-order chi connectivity index (χ0) is 14.3. The summed E-state index contributed by atoms with van der Waals surface area (Å²) in [6.07, 6.45) is 2.56. The van der Waals surface area contributed by atoms with Gasteiger partial charge in [-0.3, -0.25) is 0 Å². The third-order valence-corrected chi connectivity index (χ3v) is 3.32. The number of imidazole rings is 1. The van der Waals surface area contributed by atoms with Crippen LogP contribution in [-0.2, 0) is 0 Å². The molecule has 4 N–H and O–H groups in total. The number of nitrogens with two attached hydrogens (primary N) is 1. The molecule has 0 saturated carbocycles. The smallest absolute Gasteiger partial charge is 0.166 e. The molecule has 0 bridgehead atoms. The van der Waals surface area contributed by atoms with Gasteiger partial charge in [0.1, 0.15) is 24.1 Å². The maximum atomic E-state index is 10.2. The standard InChI is InChI=1S/C13H13N5O2/c1-2-3-7-4-8(11(20)10(7)19)18-6-17-9-12(14)15-5-16-13(9)18/h4-6,8,10-11,19-20H,1H3,(H2,14,15,16)/t8-,10-,11+/m1/s1. The second kappa shape index (κ2) is 4.59. The Labute approximate surface area is 114 Å². The highest BCUT2D eigenvalue weighted by atomic mass is 16.3. The first-order valence-corrected chi connectivity index (χ1v) is 6.07. The molecule has 0 aliphatic heterocycles. The molecule has 1 aliphatic rings. The molecule has 2 heterocycles. The van der Waals surface area contributed by atoms with E-state index in [2.05, 4.69) is 26.8 Å². The van der Waals surface area contributed by atoms with E-state index < -0.39 is 18.2 Å². The molecule has 0 radical (unpaired) electrons. The quantitative estimate of drug-likeness (QED) is 0.611. The minimum Gasteiger partial charge on any atom is -0.388 e. The van der Waals surface area contributed by atoms with Crippen LogP contribution in [0.4, 0.5) is 5.82 Å². The molecule has 0 saturated heterocycles. The van der Waals surface area contributed by atoms with Crippen LogP contribution in [0.3, 0.4) is 0 Å². The number of aromatic nitrogens is 4. The average Bonchev–Trinajstić information content (AvgIpc) is 2.97. The van der Waals surface area contributed by atoms with Crippen LogP contribution < -0.4 is 5.73 Å². The molecule has 20 heavy (non-hydrogen) atoms. The molecule has 7 heteroatoms. The van der Waals surface area contributed by atoms with Gasteiger partial charge in [-0.2, -0.15) is 0 Å². The lowest BCUT2D eigenvalue weighted by atomic mass is 10.1. The normalized spacial score (nSPS) is 25.4. The van der Waals surface area contributed by atoms with Crippen LogP contribution in [0.1, 0.15) is 13.0 Å². The lowest BCUT2D eigenvalue weighted by molar-refractivity contribution is 0.0346. The highest BCUT2D eigenvalue weighted by molar-refractivity contribution is 5.81. The number of aliphatic hydroxyl groups excluding tert-OH is 2. The second-order valence-electron chi connectivity index (χ2n) is 4.51. The Morgan fingerprint density at radius 2 is 2.10 bits per heavy atom. The molecule has 0 spiro atoms. The van der Waals surface area contributed by atoms with Crippen LogP contribution in [0.25, 0.3) is 11.2 Å². The molecule has 3 atom stereocenters. The van der Waals surface area contributed by atoms with E-state index in [0.29, 0.717) is 16.7 Å². The molecule has 0 amide bonds. The molecule has 1 aliphatic carbocycles. The van der Waals surface area contributed by atoms with E-state index in [1.807, 2.05) is 0 Å². The van der Waals surface area contributed by atoms with Crippen LogP contribution in [0.15, 0.2) is 24.3 Å². The first-order valence-electron chi connectivity index (χ1n) is 6.07. The zero-order valence-corrected chi connectivity index (χ0v) is 10.7. The molecular formula is C13H13N5O2. The van der Waals surface area contributed by atoms with Gasteiger partial charge in [-0.05, 0) is 13.0 Å². The average molecular weight is 271 g/mol. The summed E-state index contributed by atoms with van der Waals surface area (Å²) in [6, 6.07) is -0.486. The Balaban J connectivity index is 2.11. The molecule has 102 valence electrons. The third kappa shape index (κ3) is 1.74. The molecule has 0 unspecified atom stereocenters. The van der Waals surface area contributed by atoms with E-state index in [4.69, 9.17) is 5.73 Å². The minimum atomic E-state index is -1.01. The van der Waals surface area contributed by atoms with Gasteiger partial charge in [-0.1, -0.05) is 5.92 Å². The molecule has 2 aromatic rings. The molecule has 2 aromatic heterocycles. The second-order valence-corrected chi connectivity index (χ2v) is 4.51. The summed E-state index contributed by atoms with van der Waals surface area (Å²) >= 11 is 0. The molecule has 3 rings (SSSR count). The Morgan fingerprint density at radius 3 is 2.85 bits per heavy atom. The monoisotopic (exact) mass is 271 g/mol. The van der Waals surface area contributed by atoms with Gasteiger partial charge in [-0.25, -0.2) is 15.0 Å². The predicted octanol–water partition coefficient (Wildman–Crippen LogP) is -0.365. The SMILES string of the molecule is CC#CC1=C[C@@H](n2cnc3c(N)ncnc32)[C@H](O)[C@@H]1O. The number of aliphatic hydroxyl groups is 2. The van der Waals surface area contributed by atoms with E-state index in [-0.39, 0.29) is 5.82 Å². The zero-order valence-electron chi connectivity index (χ0n) is 10.7. The highest BCUT2D eigenvalue weighted by Gasteiger charge is 2.36. The molecule has 0 fully saturated rings. The van der Waals surface area contributed by atoms with Crippen LogP contribution in [0.2, 0.25) is 0 Å². The summed E-state index contributed by atoms with van der Waals surface area (Å²) in [7, 11) is 0. The van der Waals surface area contributed by atoms with Crippen molar-refractivity contribution in [3.8, 4) is 11.8 Å². The number of nitrogen functional groups attached to an aromatic ring is 1. The summed E-state index contributed by atoms with van der Waals surface area (Å²) in [5, 5.41) is 20.1. The van der Waals surface area contributed by atoms with Gasteiger partial charge in [0, 0.05) is 5.57 Å². The fourth-order valence-electron chi connectivity index (χ4n) is 2.34. The van der Waals surface area contributed by atoms with Gasteiger partial charge < -0.3 is 20.5 Å². The topological polar surface area (TPSA) is 110 Å². The first-order chi connectivity index (χ1) is 9.63. The van der Waals surface area contributed by atoms with Crippen molar-refractivity contribution in [3.05, 3.63) is 24.3 Å². The van der Waals surface area contributed by atoms with Crippen molar-refractivity contribution in [1.29, 1.82) is 0 Å². The maximum absolute atomic E-state index is 10.2. The van der Waals surface area contributed by atoms with E-state index >= 15 is 0 Å². The van der Waals surface area contributed by atoms with Gasteiger partial charge >= 0.3 is 0 Å². The largest absolute Gasteiger partial charge is 0.388 e. The highest BCUT2D eigenvalue weighted by Crippen LogP contribution is 2.31. The van der Waals surface area contributed by atoms with Crippen molar-refractivity contribution in [2.45, 2.75) is 25.2 Å². The van der Waals surface area contributed by atoms with Crippen molar-refractivity contribution < 1.29 is 10.2 Å².